The van der Waals surface area contributed by atoms with Crippen LogP contribution in [0, 0.1) is 5.82 Å². The van der Waals surface area contributed by atoms with Crippen LogP contribution in [-0.2, 0) is 0 Å². The molecule has 0 saturated heterocycles. The molecule has 0 radical (unpaired) electrons. The molecule has 0 unspecified atom stereocenters. The van der Waals surface area contributed by atoms with Gasteiger partial charge in [-0.2, -0.15) is 5.10 Å². The second-order valence-corrected chi connectivity index (χ2v) is 4.64. The Kier molecular flexibility index (Phi) is 3.67. The lowest BCUT2D eigenvalue weighted by Crippen LogP contribution is -2.30. The van der Waals surface area contributed by atoms with Gasteiger partial charge in [0.05, 0.1) is 11.4 Å². The van der Waals surface area contributed by atoms with Gasteiger partial charge in [-0.15, -0.1) is 0 Å². The summed E-state index contributed by atoms with van der Waals surface area (Å²) in [6.45, 7) is 0. The van der Waals surface area contributed by atoms with Gasteiger partial charge in [-0.25, -0.2) is 14.9 Å². The lowest BCUT2D eigenvalue weighted by molar-refractivity contribution is 0.0948. The molecular formula is C16H13FN4O. The van der Waals surface area contributed by atoms with Crippen molar-refractivity contribution in [2.24, 2.45) is 5.84 Å². The first-order chi connectivity index (χ1) is 10.7. The Bertz CT molecular complexity index is 797. The number of amides is 1. The van der Waals surface area contributed by atoms with E-state index >= 15 is 0 Å². The third-order valence-electron chi connectivity index (χ3n) is 3.21. The normalized spacial score (nSPS) is 10.5. The number of hydrogen-bond donors (Lipinski definition) is 2. The van der Waals surface area contributed by atoms with E-state index in [-0.39, 0.29) is 11.5 Å². The first kappa shape index (κ1) is 14.0. The highest BCUT2D eigenvalue weighted by molar-refractivity contribution is 5.93. The number of rotatable bonds is 3. The Morgan fingerprint density at radius 1 is 1.09 bits per heavy atom. The van der Waals surface area contributed by atoms with Crippen LogP contribution in [0.1, 0.15) is 10.5 Å². The maximum absolute atomic E-state index is 13.1. The topological polar surface area (TPSA) is 72.9 Å². The van der Waals surface area contributed by atoms with Gasteiger partial charge in [0.15, 0.2) is 5.69 Å². The minimum atomic E-state index is -0.488. The quantitative estimate of drug-likeness (QED) is 0.442. The second kappa shape index (κ2) is 5.79. The van der Waals surface area contributed by atoms with Crippen molar-refractivity contribution in [2.45, 2.75) is 0 Å². The van der Waals surface area contributed by atoms with Gasteiger partial charge in [0.1, 0.15) is 5.82 Å². The van der Waals surface area contributed by atoms with Gasteiger partial charge in [0.25, 0.3) is 5.91 Å². The molecule has 0 aliphatic heterocycles. The standard InChI is InChI=1S/C16H13FN4O/c17-12-8-6-11(7-9-12)15-10-14(16(22)19-18)20-21(15)13-4-2-1-3-5-13/h1-10H,18H2,(H,19,22). The van der Waals surface area contributed by atoms with Crippen LogP contribution in [0.5, 0.6) is 0 Å². The zero-order valence-electron chi connectivity index (χ0n) is 11.5. The van der Waals surface area contributed by atoms with E-state index in [1.165, 1.54) is 12.1 Å². The molecule has 0 fully saturated rings. The number of halogens is 1. The third-order valence-corrected chi connectivity index (χ3v) is 3.21. The molecule has 0 atom stereocenters. The molecular weight excluding hydrogens is 283 g/mol. The molecule has 6 heteroatoms. The molecule has 0 aliphatic carbocycles. The predicted molar refractivity (Wildman–Crippen MR) is 80.6 cm³/mol. The summed E-state index contributed by atoms with van der Waals surface area (Å²) in [6, 6.07) is 17.0. The van der Waals surface area contributed by atoms with Crippen molar-refractivity contribution in [3.63, 3.8) is 0 Å². The number of carbonyl (C=O) groups is 1. The van der Waals surface area contributed by atoms with Gasteiger partial charge < -0.3 is 0 Å². The van der Waals surface area contributed by atoms with Crippen molar-refractivity contribution in [3.8, 4) is 16.9 Å². The van der Waals surface area contributed by atoms with E-state index in [0.29, 0.717) is 5.69 Å². The number of hydrazine groups is 1. The summed E-state index contributed by atoms with van der Waals surface area (Å²) in [5.41, 5.74) is 4.45. The van der Waals surface area contributed by atoms with Gasteiger partial charge in [-0.05, 0) is 42.5 Å². The number of nitrogen functional groups attached to an aromatic ring is 1. The first-order valence-corrected chi connectivity index (χ1v) is 6.61. The number of hydrogen-bond acceptors (Lipinski definition) is 3. The number of nitrogens with two attached hydrogens (primary N) is 1. The average molecular weight is 296 g/mol. The molecule has 2 aromatic carbocycles. The fourth-order valence-electron chi connectivity index (χ4n) is 2.16. The van der Waals surface area contributed by atoms with Crippen LogP contribution in [-0.4, -0.2) is 15.7 Å². The second-order valence-electron chi connectivity index (χ2n) is 4.64. The van der Waals surface area contributed by atoms with E-state index in [4.69, 9.17) is 5.84 Å². The lowest BCUT2D eigenvalue weighted by Gasteiger charge is -2.07. The van der Waals surface area contributed by atoms with Gasteiger partial charge in [0, 0.05) is 5.56 Å². The minimum Gasteiger partial charge on any atom is -0.289 e. The van der Waals surface area contributed by atoms with Crippen molar-refractivity contribution in [1.82, 2.24) is 15.2 Å². The highest BCUT2D eigenvalue weighted by Crippen LogP contribution is 2.24. The number of nitrogens with one attached hydrogen (secondary N) is 1. The summed E-state index contributed by atoms with van der Waals surface area (Å²) in [6.07, 6.45) is 0. The summed E-state index contributed by atoms with van der Waals surface area (Å²) in [4.78, 5) is 11.7. The smallest absolute Gasteiger partial charge is 0.285 e. The molecule has 22 heavy (non-hydrogen) atoms. The number of nitrogens with zero attached hydrogens (tertiary/aromatic N) is 2. The molecule has 3 rings (SSSR count). The van der Waals surface area contributed by atoms with Crippen molar-refractivity contribution in [1.29, 1.82) is 0 Å². The molecule has 1 heterocycles. The summed E-state index contributed by atoms with van der Waals surface area (Å²) in [5, 5.41) is 4.28. The highest BCUT2D eigenvalue weighted by atomic mass is 19.1. The summed E-state index contributed by atoms with van der Waals surface area (Å²) < 4.78 is 14.7. The summed E-state index contributed by atoms with van der Waals surface area (Å²) in [5.74, 6) is 4.35. The third kappa shape index (κ3) is 2.59. The molecule has 1 amide bonds. The fourth-order valence-corrected chi connectivity index (χ4v) is 2.16. The monoisotopic (exact) mass is 296 g/mol. The van der Waals surface area contributed by atoms with Crippen molar-refractivity contribution >= 4 is 5.91 Å². The molecule has 5 nitrogen and oxygen atoms in total. The number of para-hydroxylation sites is 1. The van der Waals surface area contributed by atoms with Gasteiger partial charge in [-0.3, -0.25) is 10.2 Å². The lowest BCUT2D eigenvalue weighted by atomic mass is 10.1. The molecule has 3 aromatic rings. The SMILES string of the molecule is NNC(=O)c1cc(-c2ccc(F)cc2)n(-c2ccccc2)n1. The maximum Gasteiger partial charge on any atom is 0.285 e. The van der Waals surface area contributed by atoms with E-state index in [1.54, 1.807) is 22.9 Å². The molecule has 1 aromatic heterocycles. The van der Waals surface area contributed by atoms with Crippen LogP contribution >= 0.6 is 0 Å². The molecule has 0 bridgehead atoms. The van der Waals surface area contributed by atoms with Crippen LogP contribution < -0.4 is 11.3 Å². The largest absolute Gasteiger partial charge is 0.289 e. The Morgan fingerprint density at radius 2 is 1.77 bits per heavy atom. The van der Waals surface area contributed by atoms with Crippen LogP contribution in [0.2, 0.25) is 0 Å². The number of benzene rings is 2. The first-order valence-electron chi connectivity index (χ1n) is 6.61. The molecule has 0 spiro atoms. The predicted octanol–water partition coefficient (Wildman–Crippen LogP) is 2.28. The zero-order valence-corrected chi connectivity index (χ0v) is 11.5. The Morgan fingerprint density at radius 3 is 2.41 bits per heavy atom. The Balaban J connectivity index is 2.17. The van der Waals surface area contributed by atoms with E-state index in [0.717, 1.165) is 11.3 Å². The van der Waals surface area contributed by atoms with Crippen LogP contribution in [0.25, 0.3) is 16.9 Å². The summed E-state index contributed by atoms with van der Waals surface area (Å²) >= 11 is 0. The minimum absolute atomic E-state index is 0.186. The van der Waals surface area contributed by atoms with E-state index in [1.807, 2.05) is 30.3 Å². The van der Waals surface area contributed by atoms with Crippen molar-refractivity contribution in [2.75, 3.05) is 0 Å². The number of carbonyl (C=O) groups excluding carboxylic acids is 1. The molecule has 110 valence electrons. The van der Waals surface area contributed by atoms with Crippen molar-refractivity contribution < 1.29 is 9.18 Å². The van der Waals surface area contributed by atoms with E-state index in [9.17, 15) is 9.18 Å². The molecule has 0 saturated carbocycles. The summed E-state index contributed by atoms with van der Waals surface area (Å²) in [7, 11) is 0. The fraction of sp³-hybridized carbons (Fsp3) is 0. The van der Waals surface area contributed by atoms with Gasteiger partial charge in [0.2, 0.25) is 0 Å². The molecule has 3 N–H and O–H groups in total. The average Bonchev–Trinajstić information content (AvgIpc) is 3.01. The van der Waals surface area contributed by atoms with Crippen LogP contribution in [0.4, 0.5) is 4.39 Å². The van der Waals surface area contributed by atoms with Gasteiger partial charge in [-0.1, -0.05) is 18.2 Å². The number of aromatic nitrogens is 2. The molecule has 0 aliphatic rings. The Labute approximate surface area is 126 Å². The van der Waals surface area contributed by atoms with Crippen LogP contribution in [0.15, 0.2) is 60.7 Å². The highest BCUT2D eigenvalue weighted by Gasteiger charge is 2.15. The van der Waals surface area contributed by atoms with Crippen molar-refractivity contribution in [3.05, 3.63) is 72.2 Å². The maximum atomic E-state index is 13.1. The van der Waals surface area contributed by atoms with E-state index < -0.39 is 5.91 Å². The van der Waals surface area contributed by atoms with Gasteiger partial charge >= 0.3 is 0 Å². The van der Waals surface area contributed by atoms with E-state index in [2.05, 4.69) is 10.5 Å². The Hall–Kier alpha value is -2.99. The zero-order chi connectivity index (χ0) is 15.5. The van der Waals surface area contributed by atoms with Crippen LogP contribution in [0.3, 0.4) is 0 Å².